The normalized spacial score (nSPS) is 25.8. The highest BCUT2D eigenvalue weighted by molar-refractivity contribution is 6.07. The van der Waals surface area contributed by atoms with Gasteiger partial charge >= 0.3 is 6.03 Å². The fourth-order valence-electron chi connectivity index (χ4n) is 4.05. The van der Waals surface area contributed by atoms with E-state index in [0.29, 0.717) is 5.56 Å². The molecular weight excluding hydrogens is 306 g/mol. The SMILES string of the molecule is C[C@@H]1CCC[C@@H](C)C12NC(=O)N(Cc1ccc(C(N)=O)cc1)C2=O. The van der Waals surface area contributed by atoms with Crippen LogP contribution >= 0.6 is 0 Å². The van der Waals surface area contributed by atoms with E-state index in [2.05, 4.69) is 5.32 Å². The van der Waals surface area contributed by atoms with Crippen LogP contribution in [-0.2, 0) is 11.3 Å². The molecular formula is C18H23N3O3. The summed E-state index contributed by atoms with van der Waals surface area (Å²) in [7, 11) is 0. The van der Waals surface area contributed by atoms with Gasteiger partial charge in [-0.15, -0.1) is 0 Å². The van der Waals surface area contributed by atoms with Crippen molar-refractivity contribution < 1.29 is 14.4 Å². The summed E-state index contributed by atoms with van der Waals surface area (Å²) in [6, 6.07) is 6.33. The Kier molecular flexibility index (Phi) is 4.07. The number of hydrogen-bond acceptors (Lipinski definition) is 3. The molecule has 0 radical (unpaired) electrons. The molecule has 1 aromatic rings. The van der Waals surface area contributed by atoms with Gasteiger partial charge in [0.2, 0.25) is 5.91 Å². The summed E-state index contributed by atoms with van der Waals surface area (Å²) in [5.74, 6) is -0.383. The van der Waals surface area contributed by atoms with Crippen LogP contribution in [0.2, 0.25) is 0 Å². The molecule has 2 aliphatic rings. The number of nitrogens with two attached hydrogens (primary N) is 1. The van der Waals surface area contributed by atoms with E-state index in [1.807, 2.05) is 13.8 Å². The molecule has 1 aromatic carbocycles. The average molecular weight is 329 g/mol. The van der Waals surface area contributed by atoms with Crippen LogP contribution < -0.4 is 11.1 Å². The molecule has 1 saturated heterocycles. The second kappa shape index (κ2) is 5.92. The number of nitrogens with one attached hydrogen (secondary N) is 1. The van der Waals surface area contributed by atoms with E-state index in [9.17, 15) is 14.4 Å². The summed E-state index contributed by atoms with van der Waals surface area (Å²) in [6.07, 6.45) is 2.97. The fourth-order valence-corrected chi connectivity index (χ4v) is 4.05. The molecule has 1 saturated carbocycles. The summed E-state index contributed by atoms with van der Waals surface area (Å²) in [5.41, 5.74) is 5.65. The van der Waals surface area contributed by atoms with E-state index >= 15 is 0 Å². The van der Waals surface area contributed by atoms with Gasteiger partial charge in [0.1, 0.15) is 5.54 Å². The maximum atomic E-state index is 13.1. The van der Waals surface area contributed by atoms with Crippen molar-refractivity contribution >= 4 is 17.8 Å². The minimum atomic E-state index is -0.775. The first-order valence-electron chi connectivity index (χ1n) is 8.39. The van der Waals surface area contributed by atoms with Crippen molar-refractivity contribution in [3.63, 3.8) is 0 Å². The monoisotopic (exact) mass is 329 g/mol. The van der Waals surface area contributed by atoms with Crippen LogP contribution in [0.3, 0.4) is 0 Å². The molecule has 128 valence electrons. The summed E-state index contributed by atoms with van der Waals surface area (Å²) in [5, 5.41) is 2.98. The molecule has 2 atom stereocenters. The molecule has 6 nitrogen and oxygen atoms in total. The van der Waals surface area contributed by atoms with Crippen LogP contribution in [-0.4, -0.2) is 28.3 Å². The number of benzene rings is 1. The first kappa shape index (κ1) is 16.5. The largest absolute Gasteiger partial charge is 0.366 e. The number of carbonyl (C=O) groups is 3. The molecule has 24 heavy (non-hydrogen) atoms. The van der Waals surface area contributed by atoms with Crippen LogP contribution in [0.1, 0.15) is 49.0 Å². The van der Waals surface area contributed by atoms with Gasteiger partial charge in [-0.05, 0) is 42.4 Å². The van der Waals surface area contributed by atoms with Gasteiger partial charge in [-0.3, -0.25) is 14.5 Å². The van der Waals surface area contributed by atoms with Crippen LogP contribution in [0.4, 0.5) is 4.79 Å². The number of rotatable bonds is 3. The van der Waals surface area contributed by atoms with E-state index in [-0.39, 0.29) is 30.3 Å². The smallest absolute Gasteiger partial charge is 0.325 e. The van der Waals surface area contributed by atoms with Crippen molar-refractivity contribution in [2.24, 2.45) is 17.6 Å². The van der Waals surface area contributed by atoms with Crippen LogP contribution in [0.15, 0.2) is 24.3 Å². The Balaban J connectivity index is 1.83. The molecule has 3 rings (SSSR count). The van der Waals surface area contributed by atoms with E-state index < -0.39 is 11.4 Å². The quantitative estimate of drug-likeness (QED) is 0.831. The third kappa shape index (κ3) is 2.46. The van der Waals surface area contributed by atoms with Crippen LogP contribution in [0.25, 0.3) is 0 Å². The molecule has 3 N–H and O–H groups in total. The molecule has 0 aromatic heterocycles. The third-order valence-electron chi connectivity index (χ3n) is 5.57. The van der Waals surface area contributed by atoms with Crippen LogP contribution in [0, 0.1) is 11.8 Å². The number of hydrogen-bond donors (Lipinski definition) is 2. The molecule has 1 aliphatic carbocycles. The maximum absolute atomic E-state index is 13.1. The zero-order valence-corrected chi connectivity index (χ0v) is 14.0. The number of carbonyl (C=O) groups excluding carboxylic acids is 3. The molecule has 1 aliphatic heterocycles. The van der Waals surface area contributed by atoms with E-state index in [1.54, 1.807) is 24.3 Å². The highest BCUT2D eigenvalue weighted by Crippen LogP contribution is 2.42. The van der Waals surface area contributed by atoms with E-state index in [1.165, 1.54) is 4.90 Å². The van der Waals surface area contributed by atoms with Gasteiger partial charge in [-0.1, -0.05) is 32.4 Å². The highest BCUT2D eigenvalue weighted by atomic mass is 16.2. The Labute approximate surface area is 141 Å². The number of urea groups is 1. The predicted octanol–water partition coefficient (Wildman–Crippen LogP) is 2.03. The van der Waals surface area contributed by atoms with Gasteiger partial charge in [-0.25, -0.2) is 4.79 Å². The second-order valence-electron chi connectivity index (χ2n) is 6.98. The molecule has 6 heteroatoms. The Bertz CT molecular complexity index is 673. The number of amides is 4. The van der Waals surface area contributed by atoms with E-state index in [4.69, 9.17) is 5.73 Å². The Hall–Kier alpha value is -2.37. The minimum absolute atomic E-state index is 0.125. The van der Waals surface area contributed by atoms with Crippen molar-refractivity contribution in [3.05, 3.63) is 35.4 Å². The Morgan fingerprint density at radius 2 is 1.79 bits per heavy atom. The van der Waals surface area contributed by atoms with Crippen LogP contribution in [0.5, 0.6) is 0 Å². The first-order chi connectivity index (χ1) is 11.4. The first-order valence-corrected chi connectivity index (χ1v) is 8.39. The van der Waals surface area contributed by atoms with Crippen molar-refractivity contribution in [3.8, 4) is 0 Å². The summed E-state index contributed by atoms with van der Waals surface area (Å²) in [6.45, 7) is 4.28. The standard InChI is InChI=1S/C18H23N3O3/c1-11-4-3-5-12(2)18(11)16(23)21(17(24)20-18)10-13-6-8-14(9-7-13)15(19)22/h6-9,11-12H,3-5,10H2,1-2H3,(H2,19,22)(H,20,24)/t11-,12-/m1/s1. The van der Waals surface area contributed by atoms with Gasteiger partial charge < -0.3 is 11.1 Å². The maximum Gasteiger partial charge on any atom is 0.325 e. The summed E-state index contributed by atoms with van der Waals surface area (Å²) < 4.78 is 0. The summed E-state index contributed by atoms with van der Waals surface area (Å²) in [4.78, 5) is 37.9. The van der Waals surface area contributed by atoms with Gasteiger partial charge in [-0.2, -0.15) is 0 Å². The number of imide groups is 1. The lowest BCUT2D eigenvalue weighted by molar-refractivity contribution is -0.136. The minimum Gasteiger partial charge on any atom is -0.366 e. The molecule has 2 fully saturated rings. The summed E-state index contributed by atoms with van der Waals surface area (Å²) >= 11 is 0. The fraction of sp³-hybridized carbons (Fsp3) is 0.500. The van der Waals surface area contributed by atoms with E-state index in [0.717, 1.165) is 24.8 Å². The van der Waals surface area contributed by atoms with Crippen molar-refractivity contribution in [1.29, 1.82) is 0 Å². The topological polar surface area (TPSA) is 92.5 Å². The van der Waals surface area contributed by atoms with Gasteiger partial charge in [0.15, 0.2) is 0 Å². The van der Waals surface area contributed by atoms with Gasteiger partial charge in [0, 0.05) is 5.56 Å². The van der Waals surface area contributed by atoms with Crippen molar-refractivity contribution in [2.75, 3.05) is 0 Å². The molecule has 0 bridgehead atoms. The lowest BCUT2D eigenvalue weighted by atomic mass is 9.67. The predicted molar refractivity (Wildman–Crippen MR) is 89.0 cm³/mol. The Morgan fingerprint density at radius 3 is 2.33 bits per heavy atom. The number of primary amides is 1. The molecule has 0 unspecified atom stereocenters. The third-order valence-corrected chi connectivity index (χ3v) is 5.57. The average Bonchev–Trinajstić information content (AvgIpc) is 2.79. The Morgan fingerprint density at radius 1 is 1.21 bits per heavy atom. The lowest BCUT2D eigenvalue weighted by Crippen LogP contribution is -2.58. The number of nitrogens with zero attached hydrogens (tertiary/aromatic N) is 1. The zero-order chi connectivity index (χ0) is 17.5. The lowest BCUT2D eigenvalue weighted by Gasteiger charge is -2.42. The zero-order valence-electron chi connectivity index (χ0n) is 14.0. The van der Waals surface area contributed by atoms with Gasteiger partial charge in [0.05, 0.1) is 6.54 Å². The van der Waals surface area contributed by atoms with Gasteiger partial charge in [0.25, 0.3) is 5.91 Å². The molecule has 1 heterocycles. The highest BCUT2D eigenvalue weighted by Gasteiger charge is 2.58. The molecule has 4 amide bonds. The van der Waals surface area contributed by atoms with Crippen molar-refractivity contribution in [2.45, 2.75) is 45.2 Å². The van der Waals surface area contributed by atoms with Crippen molar-refractivity contribution in [1.82, 2.24) is 10.2 Å². The molecule has 1 spiro atoms. The second-order valence-corrected chi connectivity index (χ2v) is 6.98.